The van der Waals surface area contributed by atoms with E-state index in [1.165, 1.54) is 13.5 Å². The van der Waals surface area contributed by atoms with Gasteiger partial charge >= 0.3 is 5.97 Å². The Hall–Kier alpha value is -2.38. The van der Waals surface area contributed by atoms with Gasteiger partial charge in [0, 0.05) is 38.1 Å². The maximum absolute atomic E-state index is 13.4. The first-order valence-electron chi connectivity index (χ1n) is 12.1. The van der Waals surface area contributed by atoms with Crippen LogP contribution in [-0.4, -0.2) is 61.6 Å². The number of esters is 1. The zero-order chi connectivity index (χ0) is 23.8. The second kappa shape index (κ2) is 12.2. The van der Waals surface area contributed by atoms with Crippen LogP contribution in [0, 0.1) is 5.92 Å². The molecule has 2 aliphatic rings. The molecule has 3 rings (SSSR count). The minimum Gasteiger partial charge on any atom is -0.465 e. The molecule has 1 fully saturated rings. The highest BCUT2D eigenvalue weighted by atomic mass is 16.7. The van der Waals surface area contributed by atoms with E-state index < -0.39 is 12.3 Å². The summed E-state index contributed by atoms with van der Waals surface area (Å²) >= 11 is 0. The molecule has 0 bridgehead atoms. The van der Waals surface area contributed by atoms with Crippen molar-refractivity contribution in [2.45, 2.75) is 70.1 Å². The number of aliphatic hydroxyl groups is 1. The van der Waals surface area contributed by atoms with E-state index in [0.29, 0.717) is 30.8 Å². The quantitative estimate of drug-likeness (QED) is 0.562. The van der Waals surface area contributed by atoms with Crippen LogP contribution in [0.15, 0.2) is 36.1 Å². The average Bonchev–Trinajstić information content (AvgIpc) is 2.87. The molecule has 33 heavy (non-hydrogen) atoms. The Morgan fingerprint density at radius 2 is 1.85 bits per heavy atom. The van der Waals surface area contributed by atoms with Gasteiger partial charge in [-0.15, -0.1) is 0 Å². The van der Waals surface area contributed by atoms with Crippen molar-refractivity contribution in [2.24, 2.45) is 5.92 Å². The number of likely N-dealkylation sites (N-methyl/N-ethyl adjacent to an activating group) is 1. The van der Waals surface area contributed by atoms with Gasteiger partial charge in [0.05, 0.1) is 12.7 Å². The fourth-order valence-corrected chi connectivity index (χ4v) is 4.90. The molecule has 7 heteroatoms. The molecule has 1 aromatic carbocycles. The van der Waals surface area contributed by atoms with Crippen LogP contribution >= 0.6 is 0 Å². The van der Waals surface area contributed by atoms with Gasteiger partial charge in [-0.05, 0) is 56.4 Å². The number of nitrogens with zero attached hydrogens (tertiary/aromatic N) is 1. The van der Waals surface area contributed by atoms with E-state index in [4.69, 9.17) is 14.2 Å². The SMILES string of the molecule is CCOC1OC(C(=O)N(C)C2CCCCC2)=CC(c2ccc(C(=O)OC)cc2)C1CCCO. The maximum atomic E-state index is 13.4. The summed E-state index contributed by atoms with van der Waals surface area (Å²) < 4.78 is 16.9. The van der Waals surface area contributed by atoms with Crippen LogP contribution in [0.1, 0.15) is 73.7 Å². The van der Waals surface area contributed by atoms with Gasteiger partial charge in [-0.3, -0.25) is 4.79 Å². The molecular weight excluding hydrogens is 422 g/mol. The van der Waals surface area contributed by atoms with Crippen molar-refractivity contribution in [3.8, 4) is 0 Å². The van der Waals surface area contributed by atoms with Crippen LogP contribution in [0.2, 0.25) is 0 Å². The van der Waals surface area contributed by atoms with E-state index in [9.17, 15) is 14.7 Å². The number of allylic oxidation sites excluding steroid dienone is 1. The first-order valence-corrected chi connectivity index (χ1v) is 12.1. The zero-order valence-corrected chi connectivity index (χ0v) is 20.0. The molecule has 1 aromatic rings. The van der Waals surface area contributed by atoms with E-state index >= 15 is 0 Å². The summed E-state index contributed by atoms with van der Waals surface area (Å²) in [6.07, 6.45) is 8.13. The van der Waals surface area contributed by atoms with Crippen molar-refractivity contribution in [3.63, 3.8) is 0 Å². The Kier molecular flexibility index (Phi) is 9.32. The van der Waals surface area contributed by atoms with Gasteiger partial charge in [0.1, 0.15) is 0 Å². The number of rotatable bonds is 9. The van der Waals surface area contributed by atoms with Crippen molar-refractivity contribution in [1.29, 1.82) is 0 Å². The fraction of sp³-hybridized carbons (Fsp3) is 0.615. The lowest BCUT2D eigenvalue weighted by atomic mass is 9.80. The molecule has 1 saturated carbocycles. The lowest BCUT2D eigenvalue weighted by Gasteiger charge is -2.39. The number of hydrogen-bond acceptors (Lipinski definition) is 6. The van der Waals surface area contributed by atoms with Crippen molar-refractivity contribution in [1.82, 2.24) is 4.90 Å². The van der Waals surface area contributed by atoms with Crippen molar-refractivity contribution >= 4 is 11.9 Å². The molecule has 0 radical (unpaired) electrons. The van der Waals surface area contributed by atoms with E-state index in [1.807, 2.05) is 37.1 Å². The van der Waals surface area contributed by atoms with Gasteiger partial charge in [0.15, 0.2) is 5.76 Å². The number of methoxy groups -OCH3 is 1. The lowest BCUT2D eigenvalue weighted by molar-refractivity contribution is -0.170. The third-order valence-corrected chi connectivity index (χ3v) is 6.78. The Balaban J connectivity index is 1.93. The monoisotopic (exact) mass is 459 g/mol. The number of amides is 1. The molecule has 3 unspecified atom stereocenters. The van der Waals surface area contributed by atoms with Crippen LogP contribution in [-0.2, 0) is 19.0 Å². The van der Waals surface area contributed by atoms with Gasteiger partial charge in [-0.1, -0.05) is 31.4 Å². The van der Waals surface area contributed by atoms with Crippen molar-refractivity contribution in [2.75, 3.05) is 27.4 Å². The third-order valence-electron chi connectivity index (χ3n) is 6.78. The predicted molar refractivity (Wildman–Crippen MR) is 125 cm³/mol. The molecule has 3 atom stereocenters. The highest BCUT2D eigenvalue weighted by Gasteiger charge is 2.39. The highest BCUT2D eigenvalue weighted by Crippen LogP contribution is 2.40. The summed E-state index contributed by atoms with van der Waals surface area (Å²) in [5.41, 5.74) is 1.43. The Morgan fingerprint density at radius 3 is 2.45 bits per heavy atom. The molecule has 1 aliphatic heterocycles. The molecule has 1 amide bonds. The van der Waals surface area contributed by atoms with Crippen LogP contribution in [0.5, 0.6) is 0 Å². The summed E-state index contributed by atoms with van der Waals surface area (Å²) in [5.74, 6) is -0.421. The largest absolute Gasteiger partial charge is 0.465 e. The van der Waals surface area contributed by atoms with E-state index in [1.54, 1.807) is 12.1 Å². The summed E-state index contributed by atoms with van der Waals surface area (Å²) in [4.78, 5) is 27.1. The van der Waals surface area contributed by atoms with Crippen molar-refractivity contribution in [3.05, 3.63) is 47.2 Å². The standard InChI is InChI=1S/C26H37NO6/c1-4-32-26-21(11-8-16-28)22(18-12-14-19(15-13-18)25(30)31-3)17-23(33-26)24(29)27(2)20-9-6-5-7-10-20/h12-15,17,20-22,26,28H,4-11,16H2,1-3H3. The lowest BCUT2D eigenvalue weighted by Crippen LogP contribution is -2.43. The zero-order valence-electron chi connectivity index (χ0n) is 20.0. The molecule has 182 valence electrons. The summed E-state index contributed by atoms with van der Waals surface area (Å²) in [7, 11) is 3.21. The summed E-state index contributed by atoms with van der Waals surface area (Å²) in [6.45, 7) is 2.43. The number of aliphatic hydroxyl groups excluding tert-OH is 1. The number of hydrogen-bond donors (Lipinski definition) is 1. The third kappa shape index (κ3) is 6.15. The minimum absolute atomic E-state index is 0.0717. The normalized spacial score (nSPS) is 23.4. The Labute approximate surface area is 196 Å². The molecule has 0 saturated heterocycles. The minimum atomic E-state index is -0.587. The second-order valence-corrected chi connectivity index (χ2v) is 8.85. The molecule has 0 aromatic heterocycles. The predicted octanol–water partition coefficient (Wildman–Crippen LogP) is 4.01. The topological polar surface area (TPSA) is 85.3 Å². The smallest absolute Gasteiger partial charge is 0.337 e. The van der Waals surface area contributed by atoms with Gasteiger partial charge in [0.2, 0.25) is 6.29 Å². The Bertz CT molecular complexity index is 815. The van der Waals surface area contributed by atoms with Crippen LogP contribution in [0.4, 0.5) is 0 Å². The van der Waals surface area contributed by atoms with E-state index in [2.05, 4.69) is 0 Å². The maximum Gasteiger partial charge on any atom is 0.337 e. The molecule has 1 aliphatic carbocycles. The summed E-state index contributed by atoms with van der Waals surface area (Å²) in [5, 5.41) is 9.44. The Morgan fingerprint density at radius 1 is 1.15 bits per heavy atom. The van der Waals surface area contributed by atoms with Crippen molar-refractivity contribution < 1.29 is 28.9 Å². The van der Waals surface area contributed by atoms with Crippen LogP contribution in [0.3, 0.4) is 0 Å². The average molecular weight is 460 g/mol. The van der Waals surface area contributed by atoms with E-state index in [-0.39, 0.29) is 30.4 Å². The summed E-state index contributed by atoms with van der Waals surface area (Å²) in [6, 6.07) is 7.48. The molecular formula is C26H37NO6. The van der Waals surface area contributed by atoms with Crippen LogP contribution in [0.25, 0.3) is 0 Å². The molecule has 0 spiro atoms. The van der Waals surface area contributed by atoms with E-state index in [0.717, 1.165) is 31.2 Å². The first kappa shape index (κ1) is 25.2. The highest BCUT2D eigenvalue weighted by molar-refractivity contribution is 5.92. The first-order chi connectivity index (χ1) is 16.0. The van der Waals surface area contributed by atoms with Gasteiger partial charge in [0.25, 0.3) is 5.91 Å². The number of carbonyl (C=O) groups excluding carboxylic acids is 2. The molecule has 1 N–H and O–H groups in total. The number of benzene rings is 1. The second-order valence-electron chi connectivity index (χ2n) is 8.85. The molecule has 7 nitrogen and oxygen atoms in total. The van der Waals surface area contributed by atoms with Gasteiger partial charge in [-0.2, -0.15) is 0 Å². The number of ether oxygens (including phenoxy) is 3. The molecule has 1 heterocycles. The fourth-order valence-electron chi connectivity index (χ4n) is 4.90. The van der Waals surface area contributed by atoms with Gasteiger partial charge in [-0.25, -0.2) is 4.79 Å². The number of carbonyl (C=O) groups is 2. The van der Waals surface area contributed by atoms with Gasteiger partial charge < -0.3 is 24.2 Å². The van der Waals surface area contributed by atoms with Crippen LogP contribution < -0.4 is 0 Å².